The molecule has 0 aliphatic carbocycles. The van der Waals surface area contributed by atoms with E-state index >= 15 is 0 Å². The minimum absolute atomic E-state index is 0.121. The Bertz CT molecular complexity index is 354. The van der Waals surface area contributed by atoms with E-state index in [9.17, 15) is 9.18 Å². The summed E-state index contributed by atoms with van der Waals surface area (Å²) in [5.41, 5.74) is 0.407. The number of carbonyl (C=O) groups excluding carboxylic acids is 1. The second-order valence-corrected chi connectivity index (χ2v) is 4.80. The zero-order valence-electron chi connectivity index (χ0n) is 6.28. The molecule has 0 aromatic heterocycles. The van der Waals surface area contributed by atoms with Gasteiger partial charge in [0.25, 0.3) is 0 Å². The summed E-state index contributed by atoms with van der Waals surface area (Å²) in [4.78, 5) is 11.3. The zero-order chi connectivity index (χ0) is 10.0. The van der Waals surface area contributed by atoms with Crippen molar-refractivity contribution in [1.29, 1.82) is 0 Å². The number of ketones is 1. The van der Waals surface area contributed by atoms with Gasteiger partial charge in [0, 0.05) is 13.6 Å². The third-order valence-electron chi connectivity index (χ3n) is 1.41. The Hall–Kier alpha value is 0.510. The second-order valence-electron chi connectivity index (χ2n) is 2.31. The Labute approximate surface area is 105 Å². The third-order valence-corrected chi connectivity index (χ3v) is 4.45. The van der Waals surface area contributed by atoms with Crippen molar-refractivity contribution in [2.75, 3.05) is 5.33 Å². The zero-order valence-corrected chi connectivity index (χ0v) is 11.6. The van der Waals surface area contributed by atoms with E-state index in [0.29, 0.717) is 10.0 Å². The van der Waals surface area contributed by atoms with Crippen LogP contribution in [-0.2, 0) is 0 Å². The van der Waals surface area contributed by atoms with Crippen LogP contribution in [0.2, 0.25) is 0 Å². The Morgan fingerprint density at radius 3 is 2.69 bits per heavy atom. The molecule has 70 valence electrons. The fraction of sp³-hybridized carbons (Fsp3) is 0.125. The molecule has 1 aromatic rings. The molecular weight excluding hydrogens is 418 g/mol. The van der Waals surface area contributed by atoms with Crippen LogP contribution in [0.25, 0.3) is 0 Å². The largest absolute Gasteiger partial charge is 0.293 e. The van der Waals surface area contributed by atoms with Gasteiger partial charge in [-0.1, -0.05) is 15.9 Å². The Balaban J connectivity index is 3.28. The van der Waals surface area contributed by atoms with Gasteiger partial charge in [0.05, 0.1) is 5.33 Å². The van der Waals surface area contributed by atoms with Crippen molar-refractivity contribution < 1.29 is 9.18 Å². The Morgan fingerprint density at radius 1 is 1.54 bits per heavy atom. The summed E-state index contributed by atoms with van der Waals surface area (Å²) in [6.07, 6.45) is 0. The van der Waals surface area contributed by atoms with E-state index in [1.165, 1.54) is 12.1 Å². The summed E-state index contributed by atoms with van der Waals surface area (Å²) in [6, 6.07) is 2.59. The number of hydrogen-bond donors (Lipinski definition) is 0. The van der Waals surface area contributed by atoms with Gasteiger partial charge in [-0.3, -0.25) is 4.79 Å². The van der Waals surface area contributed by atoms with Crippen LogP contribution in [0.3, 0.4) is 0 Å². The van der Waals surface area contributed by atoms with Crippen molar-refractivity contribution >= 4 is 60.2 Å². The van der Waals surface area contributed by atoms with E-state index in [0.717, 1.165) is 3.57 Å². The molecule has 0 heterocycles. The molecule has 0 aliphatic heterocycles. The molecule has 0 spiro atoms. The Morgan fingerprint density at radius 2 is 2.15 bits per heavy atom. The van der Waals surface area contributed by atoms with Gasteiger partial charge in [-0.05, 0) is 50.7 Å². The maximum atomic E-state index is 12.9. The summed E-state index contributed by atoms with van der Waals surface area (Å²) < 4.78 is 14.3. The molecule has 1 aromatic carbocycles. The highest BCUT2D eigenvalue weighted by Crippen LogP contribution is 2.24. The van der Waals surface area contributed by atoms with Crippen LogP contribution in [0.1, 0.15) is 10.4 Å². The molecule has 0 unspecified atom stereocenters. The molecule has 0 radical (unpaired) electrons. The second kappa shape index (κ2) is 4.84. The topological polar surface area (TPSA) is 17.1 Å². The van der Waals surface area contributed by atoms with Crippen LogP contribution < -0.4 is 0 Å². The number of benzene rings is 1. The minimum Gasteiger partial charge on any atom is -0.293 e. The number of carbonyl (C=O) groups is 1. The van der Waals surface area contributed by atoms with Crippen molar-refractivity contribution in [3.8, 4) is 0 Å². The van der Waals surface area contributed by atoms with Gasteiger partial charge < -0.3 is 0 Å². The van der Waals surface area contributed by atoms with Crippen molar-refractivity contribution in [3.05, 3.63) is 31.6 Å². The lowest BCUT2D eigenvalue weighted by Crippen LogP contribution is -2.04. The number of Topliss-reactive ketones (excluding diaryl/α,β-unsaturated/α-hetero) is 1. The summed E-state index contributed by atoms with van der Waals surface area (Å²) >= 11 is 8.23. The third kappa shape index (κ3) is 2.73. The van der Waals surface area contributed by atoms with Crippen molar-refractivity contribution in [1.82, 2.24) is 0 Å². The minimum atomic E-state index is -0.406. The van der Waals surface area contributed by atoms with E-state index in [-0.39, 0.29) is 11.1 Å². The van der Waals surface area contributed by atoms with E-state index in [1.807, 2.05) is 22.6 Å². The molecule has 5 heteroatoms. The monoisotopic (exact) mass is 420 g/mol. The quantitative estimate of drug-likeness (QED) is 0.307. The fourth-order valence-corrected chi connectivity index (χ4v) is 2.18. The molecule has 0 saturated carbocycles. The predicted octanol–water partition coefficient (Wildman–Crippen LogP) is 3.77. The summed E-state index contributed by atoms with van der Waals surface area (Å²) in [5.74, 6) is -0.527. The number of rotatable bonds is 2. The highest BCUT2D eigenvalue weighted by molar-refractivity contribution is 14.1. The smallest absolute Gasteiger partial charge is 0.174 e. The normalized spacial score (nSPS) is 10.2. The van der Waals surface area contributed by atoms with E-state index < -0.39 is 5.82 Å². The van der Waals surface area contributed by atoms with Gasteiger partial charge >= 0.3 is 0 Å². The molecule has 0 atom stereocenters. The predicted molar refractivity (Wildman–Crippen MR) is 64.9 cm³/mol. The molecule has 0 saturated heterocycles. The van der Waals surface area contributed by atoms with Gasteiger partial charge in [0.15, 0.2) is 5.78 Å². The van der Waals surface area contributed by atoms with Crippen LogP contribution in [0.5, 0.6) is 0 Å². The molecule has 1 rings (SSSR count). The molecule has 0 aliphatic rings. The fourth-order valence-electron chi connectivity index (χ4n) is 0.831. The number of hydrogen-bond acceptors (Lipinski definition) is 1. The first kappa shape index (κ1) is 11.6. The van der Waals surface area contributed by atoms with Crippen molar-refractivity contribution in [3.63, 3.8) is 0 Å². The van der Waals surface area contributed by atoms with Gasteiger partial charge in [-0.25, -0.2) is 4.39 Å². The lowest BCUT2D eigenvalue weighted by molar-refractivity contribution is 0.102. The molecule has 0 amide bonds. The summed E-state index contributed by atoms with van der Waals surface area (Å²) in [7, 11) is 0. The maximum Gasteiger partial charge on any atom is 0.174 e. The molecule has 13 heavy (non-hydrogen) atoms. The van der Waals surface area contributed by atoms with Gasteiger partial charge in [0.2, 0.25) is 0 Å². The summed E-state index contributed by atoms with van der Waals surface area (Å²) in [6.45, 7) is 0. The van der Waals surface area contributed by atoms with Crippen LogP contribution in [0.4, 0.5) is 4.39 Å². The van der Waals surface area contributed by atoms with Crippen LogP contribution in [0, 0.1) is 9.39 Å². The average molecular weight is 422 g/mol. The molecular formula is C8H4Br2FIO. The first-order valence-corrected chi connectivity index (χ1v) is 6.29. The molecule has 1 nitrogen and oxygen atoms in total. The highest BCUT2D eigenvalue weighted by atomic mass is 127. The molecule has 0 N–H and O–H groups in total. The van der Waals surface area contributed by atoms with Gasteiger partial charge in [-0.2, -0.15) is 0 Å². The number of halogens is 4. The average Bonchev–Trinajstić information content (AvgIpc) is 2.10. The Kier molecular flexibility index (Phi) is 4.31. The van der Waals surface area contributed by atoms with Crippen molar-refractivity contribution in [2.24, 2.45) is 0 Å². The standard InChI is InChI=1S/C8H4Br2FIO/c9-3-7(13)5-1-4(11)2-6(10)8(5)12/h1-2H,3H2. The maximum absolute atomic E-state index is 12.9. The van der Waals surface area contributed by atoms with Crippen LogP contribution in [-0.4, -0.2) is 11.1 Å². The molecule has 0 fully saturated rings. The highest BCUT2D eigenvalue weighted by Gasteiger charge is 2.12. The van der Waals surface area contributed by atoms with Crippen LogP contribution >= 0.6 is 54.5 Å². The van der Waals surface area contributed by atoms with E-state index in [4.69, 9.17) is 0 Å². The first-order chi connectivity index (χ1) is 6.06. The van der Waals surface area contributed by atoms with Crippen LogP contribution in [0.15, 0.2) is 16.6 Å². The van der Waals surface area contributed by atoms with Crippen molar-refractivity contribution in [2.45, 2.75) is 0 Å². The summed E-state index contributed by atoms with van der Waals surface area (Å²) in [5, 5.41) is 0.207. The van der Waals surface area contributed by atoms with E-state index in [1.54, 1.807) is 0 Å². The van der Waals surface area contributed by atoms with Gasteiger partial charge in [-0.15, -0.1) is 0 Å². The van der Waals surface area contributed by atoms with Gasteiger partial charge in [0.1, 0.15) is 5.82 Å². The molecule has 0 bridgehead atoms. The van der Waals surface area contributed by atoms with E-state index in [2.05, 4.69) is 31.9 Å². The SMILES string of the molecule is O=C(CBr)c1cc(F)cc(Br)c1I. The number of alkyl halides is 1. The lowest BCUT2D eigenvalue weighted by atomic mass is 10.1. The lowest BCUT2D eigenvalue weighted by Gasteiger charge is -2.03. The first-order valence-electron chi connectivity index (χ1n) is 3.30.